The maximum atomic E-state index is 12.2. The van der Waals surface area contributed by atoms with Crippen molar-refractivity contribution in [1.29, 1.82) is 0 Å². The van der Waals surface area contributed by atoms with Gasteiger partial charge >= 0.3 is 0 Å². The Hall–Kier alpha value is -2.07. The fraction of sp³-hybridized carbons (Fsp3) is 0.167. The Kier molecular flexibility index (Phi) is 4.29. The number of hydrogen-bond acceptors (Lipinski definition) is 2. The van der Waals surface area contributed by atoms with E-state index in [-0.39, 0.29) is 5.91 Å². The molecule has 3 rings (SSSR count). The molecule has 1 N–H and O–H groups in total. The quantitative estimate of drug-likeness (QED) is 0.803. The van der Waals surface area contributed by atoms with Gasteiger partial charge in [-0.2, -0.15) is 0 Å². The first-order valence-corrected chi connectivity index (χ1v) is 8.03. The number of anilines is 1. The van der Waals surface area contributed by atoms with Gasteiger partial charge in [0.1, 0.15) is 5.75 Å². The summed E-state index contributed by atoms with van der Waals surface area (Å²) in [4.78, 5) is 12.2. The number of fused-ring (bicyclic) bond motifs is 1. The Morgan fingerprint density at radius 2 is 2.05 bits per heavy atom. The number of carbonyl (C=O) groups is 1. The van der Waals surface area contributed by atoms with Gasteiger partial charge in [-0.05, 0) is 36.8 Å². The van der Waals surface area contributed by atoms with Crippen molar-refractivity contribution in [1.82, 2.24) is 0 Å². The van der Waals surface area contributed by atoms with Crippen molar-refractivity contribution in [3.63, 3.8) is 0 Å². The second kappa shape index (κ2) is 6.36. The fourth-order valence-corrected chi connectivity index (χ4v) is 2.76. The van der Waals surface area contributed by atoms with E-state index in [1.807, 2.05) is 48.5 Å². The lowest BCUT2D eigenvalue weighted by molar-refractivity contribution is -0.110. The van der Waals surface area contributed by atoms with E-state index in [0.29, 0.717) is 12.2 Å². The molecule has 0 bridgehead atoms. The van der Waals surface area contributed by atoms with Crippen LogP contribution in [0.3, 0.4) is 0 Å². The molecular weight excluding hydrogens is 342 g/mol. The van der Waals surface area contributed by atoms with Crippen LogP contribution in [0.5, 0.6) is 5.75 Å². The van der Waals surface area contributed by atoms with Crippen LogP contribution in [0.2, 0.25) is 0 Å². The van der Waals surface area contributed by atoms with Crippen molar-refractivity contribution in [2.45, 2.75) is 13.3 Å². The summed E-state index contributed by atoms with van der Waals surface area (Å²) in [6, 6.07) is 13.5. The van der Waals surface area contributed by atoms with Crippen LogP contribution in [0.25, 0.3) is 11.6 Å². The smallest absolute Gasteiger partial charge is 0.256 e. The van der Waals surface area contributed by atoms with Crippen LogP contribution in [0.15, 0.2) is 46.9 Å². The van der Waals surface area contributed by atoms with Crippen molar-refractivity contribution in [3.8, 4) is 5.75 Å². The summed E-state index contributed by atoms with van der Waals surface area (Å²) in [6.07, 6.45) is 2.83. The minimum absolute atomic E-state index is 0.0848. The molecule has 4 heteroatoms. The molecule has 1 amide bonds. The number of benzene rings is 2. The van der Waals surface area contributed by atoms with Gasteiger partial charge in [-0.25, -0.2) is 0 Å². The molecule has 3 nitrogen and oxygen atoms in total. The largest absolute Gasteiger partial charge is 0.493 e. The Morgan fingerprint density at radius 3 is 2.86 bits per heavy atom. The van der Waals surface area contributed by atoms with Gasteiger partial charge in [-0.1, -0.05) is 41.1 Å². The minimum atomic E-state index is -0.0848. The summed E-state index contributed by atoms with van der Waals surface area (Å²) in [5.41, 5.74) is 3.31. The maximum absolute atomic E-state index is 12.2. The number of amides is 1. The molecule has 0 saturated heterocycles. The molecule has 0 saturated carbocycles. The number of hydrogen-bond donors (Lipinski definition) is 1. The molecule has 22 heavy (non-hydrogen) atoms. The lowest BCUT2D eigenvalue weighted by Gasteiger charge is -2.08. The molecule has 2 aromatic rings. The molecule has 0 fully saturated rings. The van der Waals surface area contributed by atoms with Crippen LogP contribution in [0.4, 0.5) is 5.69 Å². The molecule has 1 heterocycles. The van der Waals surface area contributed by atoms with Gasteiger partial charge in [0, 0.05) is 26.9 Å². The van der Waals surface area contributed by atoms with E-state index in [1.54, 1.807) is 0 Å². The highest BCUT2D eigenvalue weighted by Gasteiger charge is 2.24. The Balaban J connectivity index is 2.03. The van der Waals surface area contributed by atoms with Crippen molar-refractivity contribution in [2.24, 2.45) is 0 Å². The van der Waals surface area contributed by atoms with E-state index >= 15 is 0 Å². The van der Waals surface area contributed by atoms with Crippen LogP contribution in [-0.2, 0) is 4.79 Å². The molecule has 2 aromatic carbocycles. The normalized spacial score (nSPS) is 14.8. The van der Waals surface area contributed by atoms with Crippen LogP contribution in [0, 0.1) is 0 Å². The summed E-state index contributed by atoms with van der Waals surface area (Å²) < 4.78 is 6.71. The number of halogens is 1. The molecule has 0 unspecified atom stereocenters. The van der Waals surface area contributed by atoms with E-state index in [4.69, 9.17) is 4.74 Å². The highest BCUT2D eigenvalue weighted by atomic mass is 79.9. The third-order valence-electron chi connectivity index (χ3n) is 3.45. The zero-order valence-electron chi connectivity index (χ0n) is 12.2. The molecule has 0 atom stereocenters. The number of carbonyl (C=O) groups excluding carboxylic acids is 1. The van der Waals surface area contributed by atoms with Gasteiger partial charge in [0.25, 0.3) is 5.91 Å². The molecular formula is C18H16BrNO2. The van der Waals surface area contributed by atoms with Gasteiger partial charge in [-0.15, -0.1) is 0 Å². The van der Waals surface area contributed by atoms with Crippen molar-refractivity contribution in [3.05, 3.63) is 58.1 Å². The Bertz CT molecular complexity index is 753. The predicted octanol–water partition coefficient (Wildman–Crippen LogP) is 4.73. The molecule has 112 valence electrons. The van der Waals surface area contributed by atoms with Crippen LogP contribution < -0.4 is 10.1 Å². The standard InChI is InChI=1S/C18H16BrNO2/c1-2-9-22-17-6-4-3-5-12(17)10-15-14-11-13(19)7-8-16(14)20-18(15)21/h3-8,10-11H,2,9H2,1H3,(H,20,21)/b15-10+. The maximum Gasteiger partial charge on any atom is 0.256 e. The SMILES string of the molecule is CCCOc1ccccc1/C=C1/C(=O)Nc2ccc(Br)cc21. The van der Waals surface area contributed by atoms with Crippen molar-refractivity contribution < 1.29 is 9.53 Å². The summed E-state index contributed by atoms with van der Waals surface area (Å²) in [5, 5.41) is 2.89. The predicted molar refractivity (Wildman–Crippen MR) is 92.9 cm³/mol. The second-order valence-corrected chi connectivity index (χ2v) is 6.00. The highest BCUT2D eigenvalue weighted by Crippen LogP contribution is 2.36. The third kappa shape index (κ3) is 2.92. The van der Waals surface area contributed by atoms with Gasteiger partial charge in [0.2, 0.25) is 0 Å². The van der Waals surface area contributed by atoms with Gasteiger partial charge < -0.3 is 10.1 Å². The number of nitrogens with one attached hydrogen (secondary N) is 1. The van der Waals surface area contributed by atoms with Crippen LogP contribution in [-0.4, -0.2) is 12.5 Å². The van der Waals surface area contributed by atoms with Gasteiger partial charge in [-0.3, -0.25) is 4.79 Å². The highest BCUT2D eigenvalue weighted by molar-refractivity contribution is 9.10. The average Bonchev–Trinajstić information content (AvgIpc) is 2.82. The first kappa shape index (κ1) is 14.9. The topological polar surface area (TPSA) is 38.3 Å². The summed E-state index contributed by atoms with van der Waals surface area (Å²) in [7, 11) is 0. The average molecular weight is 358 g/mol. The summed E-state index contributed by atoms with van der Waals surface area (Å²) in [6.45, 7) is 2.73. The van der Waals surface area contributed by atoms with E-state index < -0.39 is 0 Å². The van der Waals surface area contributed by atoms with Crippen molar-refractivity contribution >= 4 is 39.2 Å². The third-order valence-corrected chi connectivity index (χ3v) is 3.94. The molecule has 0 spiro atoms. The first-order chi connectivity index (χ1) is 10.7. The molecule has 0 radical (unpaired) electrons. The lowest BCUT2D eigenvalue weighted by atomic mass is 10.0. The Labute approximate surface area is 138 Å². The second-order valence-electron chi connectivity index (χ2n) is 5.09. The van der Waals surface area contributed by atoms with Gasteiger partial charge in [0.15, 0.2) is 0 Å². The molecule has 0 aliphatic carbocycles. The van der Waals surface area contributed by atoms with E-state index in [1.165, 1.54) is 0 Å². The number of para-hydroxylation sites is 1. The zero-order chi connectivity index (χ0) is 15.5. The summed E-state index contributed by atoms with van der Waals surface area (Å²) in [5.74, 6) is 0.714. The van der Waals surface area contributed by atoms with E-state index in [0.717, 1.165) is 33.5 Å². The Morgan fingerprint density at radius 1 is 1.23 bits per heavy atom. The molecule has 0 aromatic heterocycles. The van der Waals surface area contributed by atoms with E-state index in [9.17, 15) is 4.79 Å². The monoisotopic (exact) mass is 357 g/mol. The zero-order valence-corrected chi connectivity index (χ0v) is 13.8. The van der Waals surface area contributed by atoms with Gasteiger partial charge in [0.05, 0.1) is 6.61 Å². The number of rotatable bonds is 4. The van der Waals surface area contributed by atoms with E-state index in [2.05, 4.69) is 28.2 Å². The summed E-state index contributed by atoms with van der Waals surface area (Å²) >= 11 is 3.46. The molecule has 1 aliphatic heterocycles. The molecule has 1 aliphatic rings. The number of ether oxygens (including phenoxy) is 1. The van der Waals surface area contributed by atoms with Crippen LogP contribution in [0.1, 0.15) is 24.5 Å². The van der Waals surface area contributed by atoms with Crippen molar-refractivity contribution in [2.75, 3.05) is 11.9 Å². The fourth-order valence-electron chi connectivity index (χ4n) is 2.40. The minimum Gasteiger partial charge on any atom is -0.493 e. The lowest BCUT2D eigenvalue weighted by Crippen LogP contribution is -2.04. The van der Waals surface area contributed by atoms with Crippen LogP contribution >= 0.6 is 15.9 Å². The first-order valence-electron chi connectivity index (χ1n) is 7.24.